The smallest absolute Gasteiger partial charge is 0.306 e. The molecule has 1 rings (SSSR count). The van der Waals surface area contributed by atoms with Gasteiger partial charge in [0.05, 0.1) is 13.5 Å². The summed E-state index contributed by atoms with van der Waals surface area (Å²) in [6.07, 6.45) is 4.31. The van der Waals surface area contributed by atoms with Crippen LogP contribution in [0.4, 0.5) is 0 Å². The second kappa shape index (κ2) is 6.80. The van der Waals surface area contributed by atoms with E-state index >= 15 is 0 Å². The zero-order valence-corrected chi connectivity index (χ0v) is 9.79. The molecule has 1 aliphatic rings. The minimum atomic E-state index is -0.108. The Bertz CT molecular complexity index is 195. The van der Waals surface area contributed by atoms with Crippen molar-refractivity contribution in [1.29, 1.82) is 0 Å². The molecule has 0 aliphatic carbocycles. The monoisotopic (exact) mass is 214 g/mol. The van der Waals surface area contributed by atoms with E-state index in [9.17, 15) is 4.79 Å². The van der Waals surface area contributed by atoms with Crippen molar-refractivity contribution in [2.24, 2.45) is 0 Å². The maximum atomic E-state index is 11.1. The second-order valence-electron chi connectivity index (χ2n) is 4.07. The molecule has 4 nitrogen and oxygen atoms in total. The van der Waals surface area contributed by atoms with E-state index in [0.29, 0.717) is 12.5 Å². The van der Waals surface area contributed by atoms with Crippen LogP contribution >= 0.6 is 0 Å². The first-order chi connectivity index (χ1) is 7.27. The number of rotatable bonds is 5. The Balaban J connectivity index is 2.32. The molecule has 0 aromatic rings. The SMILES string of the molecule is CNCC1CCCCN1CCC(=O)OC. The van der Waals surface area contributed by atoms with Gasteiger partial charge in [-0.1, -0.05) is 6.42 Å². The first kappa shape index (κ1) is 12.5. The summed E-state index contributed by atoms with van der Waals surface area (Å²) in [6.45, 7) is 2.96. The molecule has 1 saturated heterocycles. The van der Waals surface area contributed by atoms with Gasteiger partial charge in [0.1, 0.15) is 0 Å². The molecular formula is C11H22N2O2. The number of esters is 1. The fraction of sp³-hybridized carbons (Fsp3) is 0.909. The molecule has 1 aliphatic heterocycles. The van der Waals surface area contributed by atoms with E-state index in [4.69, 9.17) is 0 Å². The van der Waals surface area contributed by atoms with Crippen molar-refractivity contribution in [3.63, 3.8) is 0 Å². The lowest BCUT2D eigenvalue weighted by Gasteiger charge is -2.35. The molecule has 1 N–H and O–H groups in total. The van der Waals surface area contributed by atoms with Crippen molar-refractivity contribution >= 4 is 5.97 Å². The Morgan fingerprint density at radius 3 is 3.00 bits per heavy atom. The first-order valence-corrected chi connectivity index (χ1v) is 5.73. The van der Waals surface area contributed by atoms with Crippen LogP contribution in [0.5, 0.6) is 0 Å². The maximum Gasteiger partial charge on any atom is 0.306 e. The van der Waals surface area contributed by atoms with Gasteiger partial charge in [0.25, 0.3) is 0 Å². The van der Waals surface area contributed by atoms with Gasteiger partial charge in [-0.25, -0.2) is 0 Å². The van der Waals surface area contributed by atoms with Gasteiger partial charge in [-0.3, -0.25) is 9.69 Å². The van der Waals surface area contributed by atoms with Gasteiger partial charge in [0, 0.05) is 19.1 Å². The largest absolute Gasteiger partial charge is 0.469 e. The van der Waals surface area contributed by atoms with Crippen LogP contribution in [0.25, 0.3) is 0 Å². The third kappa shape index (κ3) is 4.18. The van der Waals surface area contributed by atoms with E-state index in [2.05, 4.69) is 15.0 Å². The summed E-state index contributed by atoms with van der Waals surface area (Å²) in [5.41, 5.74) is 0. The fourth-order valence-electron chi connectivity index (χ4n) is 2.16. The van der Waals surface area contributed by atoms with Crippen LogP contribution < -0.4 is 5.32 Å². The minimum Gasteiger partial charge on any atom is -0.469 e. The fourth-order valence-corrected chi connectivity index (χ4v) is 2.16. The predicted molar refractivity (Wildman–Crippen MR) is 59.8 cm³/mol. The van der Waals surface area contributed by atoms with Crippen LogP contribution in [-0.4, -0.2) is 50.7 Å². The second-order valence-corrected chi connectivity index (χ2v) is 4.07. The lowest BCUT2D eigenvalue weighted by molar-refractivity contribution is -0.141. The van der Waals surface area contributed by atoms with Gasteiger partial charge in [0.15, 0.2) is 0 Å². The van der Waals surface area contributed by atoms with Gasteiger partial charge in [0.2, 0.25) is 0 Å². The Hall–Kier alpha value is -0.610. The van der Waals surface area contributed by atoms with E-state index < -0.39 is 0 Å². The van der Waals surface area contributed by atoms with Crippen LogP contribution in [0, 0.1) is 0 Å². The Labute approximate surface area is 92.0 Å². The van der Waals surface area contributed by atoms with Crippen molar-refractivity contribution in [1.82, 2.24) is 10.2 Å². The van der Waals surface area contributed by atoms with Crippen molar-refractivity contribution in [3.05, 3.63) is 0 Å². The molecule has 0 spiro atoms. The van der Waals surface area contributed by atoms with Crippen molar-refractivity contribution < 1.29 is 9.53 Å². The molecule has 1 atom stereocenters. The highest BCUT2D eigenvalue weighted by Gasteiger charge is 2.21. The number of likely N-dealkylation sites (tertiary alicyclic amines) is 1. The van der Waals surface area contributed by atoms with E-state index in [-0.39, 0.29) is 5.97 Å². The van der Waals surface area contributed by atoms with E-state index in [1.165, 1.54) is 26.4 Å². The third-order valence-corrected chi connectivity index (χ3v) is 3.02. The van der Waals surface area contributed by atoms with Gasteiger partial charge in [-0.05, 0) is 26.4 Å². The number of piperidine rings is 1. The van der Waals surface area contributed by atoms with Gasteiger partial charge in [-0.15, -0.1) is 0 Å². The highest BCUT2D eigenvalue weighted by Crippen LogP contribution is 2.16. The Morgan fingerprint density at radius 2 is 2.33 bits per heavy atom. The molecule has 0 amide bonds. The molecule has 1 fully saturated rings. The van der Waals surface area contributed by atoms with E-state index in [1.54, 1.807) is 0 Å². The van der Waals surface area contributed by atoms with Crippen LogP contribution in [0.15, 0.2) is 0 Å². The summed E-state index contributed by atoms with van der Waals surface area (Å²) in [6, 6.07) is 0.591. The summed E-state index contributed by atoms with van der Waals surface area (Å²) < 4.78 is 4.66. The molecule has 88 valence electrons. The number of ether oxygens (including phenoxy) is 1. The summed E-state index contributed by atoms with van der Waals surface area (Å²) in [5.74, 6) is -0.108. The summed E-state index contributed by atoms with van der Waals surface area (Å²) >= 11 is 0. The molecule has 1 unspecified atom stereocenters. The normalized spacial score (nSPS) is 22.7. The zero-order chi connectivity index (χ0) is 11.1. The average molecular weight is 214 g/mol. The molecule has 0 radical (unpaired) electrons. The maximum absolute atomic E-state index is 11.1. The average Bonchev–Trinajstić information content (AvgIpc) is 2.28. The number of hydrogen-bond donors (Lipinski definition) is 1. The summed E-state index contributed by atoms with van der Waals surface area (Å²) in [7, 11) is 3.43. The molecule has 0 saturated carbocycles. The van der Waals surface area contributed by atoms with E-state index in [1.807, 2.05) is 7.05 Å². The van der Waals surface area contributed by atoms with Gasteiger partial charge >= 0.3 is 5.97 Å². The topological polar surface area (TPSA) is 41.6 Å². The van der Waals surface area contributed by atoms with Crippen molar-refractivity contribution in [2.45, 2.75) is 31.7 Å². The number of carbonyl (C=O) groups is 1. The number of hydrogen-bond acceptors (Lipinski definition) is 4. The molecule has 0 aromatic heterocycles. The zero-order valence-electron chi connectivity index (χ0n) is 9.79. The van der Waals surface area contributed by atoms with Crippen molar-refractivity contribution in [3.8, 4) is 0 Å². The Morgan fingerprint density at radius 1 is 1.53 bits per heavy atom. The third-order valence-electron chi connectivity index (χ3n) is 3.02. The molecule has 0 bridgehead atoms. The predicted octanol–water partition coefficient (Wildman–Crippen LogP) is 0.623. The molecule has 15 heavy (non-hydrogen) atoms. The highest BCUT2D eigenvalue weighted by atomic mass is 16.5. The number of nitrogens with one attached hydrogen (secondary N) is 1. The first-order valence-electron chi connectivity index (χ1n) is 5.73. The lowest BCUT2D eigenvalue weighted by Crippen LogP contribution is -2.45. The van der Waals surface area contributed by atoms with Crippen LogP contribution in [0.2, 0.25) is 0 Å². The number of methoxy groups -OCH3 is 1. The molecule has 0 aromatic carbocycles. The minimum absolute atomic E-state index is 0.108. The van der Waals surface area contributed by atoms with Crippen LogP contribution in [-0.2, 0) is 9.53 Å². The molecular weight excluding hydrogens is 192 g/mol. The lowest BCUT2D eigenvalue weighted by atomic mass is 10.0. The number of likely N-dealkylation sites (N-methyl/N-ethyl adjacent to an activating group) is 1. The molecule has 4 heteroatoms. The number of nitrogens with zero attached hydrogens (tertiary/aromatic N) is 1. The number of carbonyl (C=O) groups excluding carboxylic acids is 1. The van der Waals surface area contributed by atoms with Gasteiger partial charge in [-0.2, -0.15) is 0 Å². The van der Waals surface area contributed by atoms with Crippen LogP contribution in [0.1, 0.15) is 25.7 Å². The quantitative estimate of drug-likeness (QED) is 0.681. The van der Waals surface area contributed by atoms with Gasteiger partial charge < -0.3 is 10.1 Å². The summed E-state index contributed by atoms with van der Waals surface area (Å²) in [4.78, 5) is 13.5. The highest BCUT2D eigenvalue weighted by molar-refractivity contribution is 5.69. The van der Waals surface area contributed by atoms with E-state index in [0.717, 1.165) is 19.6 Å². The Kier molecular flexibility index (Phi) is 5.65. The summed E-state index contributed by atoms with van der Waals surface area (Å²) in [5, 5.41) is 3.21. The van der Waals surface area contributed by atoms with Crippen LogP contribution in [0.3, 0.4) is 0 Å². The molecule has 1 heterocycles. The standard InChI is InChI=1S/C11H22N2O2/c1-12-9-10-5-3-4-7-13(10)8-6-11(14)15-2/h10,12H,3-9H2,1-2H3. The van der Waals surface area contributed by atoms with Crippen molar-refractivity contribution in [2.75, 3.05) is 33.8 Å².